The molecule has 2 aromatic carbocycles. The quantitative estimate of drug-likeness (QED) is 0.553. The van der Waals surface area contributed by atoms with Crippen LogP contribution >= 0.6 is 11.8 Å². The number of aromatic nitrogens is 1. The summed E-state index contributed by atoms with van der Waals surface area (Å²) >= 11 is 1.57. The van der Waals surface area contributed by atoms with Gasteiger partial charge in [-0.1, -0.05) is 17.8 Å². The van der Waals surface area contributed by atoms with E-state index in [2.05, 4.69) is 22.4 Å². The molecule has 2 heterocycles. The lowest BCUT2D eigenvalue weighted by molar-refractivity contribution is 0.0601. The first kappa shape index (κ1) is 20.2. The minimum atomic E-state index is -0.394. The van der Waals surface area contributed by atoms with Gasteiger partial charge in [-0.05, 0) is 54.4 Å². The first-order chi connectivity index (χ1) is 14.6. The third-order valence-corrected chi connectivity index (χ3v) is 5.96. The summed E-state index contributed by atoms with van der Waals surface area (Å²) in [4.78, 5) is 18.1. The summed E-state index contributed by atoms with van der Waals surface area (Å²) in [6, 6.07) is 14.2. The van der Waals surface area contributed by atoms with Crippen molar-refractivity contribution in [1.82, 2.24) is 4.98 Å². The smallest absolute Gasteiger partial charge is 0.340 e. The molecule has 0 radical (unpaired) electrons. The number of methoxy groups -OCH3 is 1. The standard InChI is InChI=1S/C23H21FN2O3S/c1-28-23(27)20-8-10-25-14-21(20)26-13-15-9-11-29-22-12-18(6-7-19(15)22)30-17-4-2-16(24)3-5-17/h2-8,10,12,14-15,26H,9,11,13H2,1H3/t15-/m1/s1. The lowest BCUT2D eigenvalue weighted by atomic mass is 9.93. The number of ether oxygens (including phenoxy) is 2. The van der Waals surface area contributed by atoms with Crippen molar-refractivity contribution < 1.29 is 18.7 Å². The fourth-order valence-corrected chi connectivity index (χ4v) is 4.26. The van der Waals surface area contributed by atoms with Crippen LogP contribution in [0.4, 0.5) is 10.1 Å². The highest BCUT2D eigenvalue weighted by molar-refractivity contribution is 7.99. The van der Waals surface area contributed by atoms with E-state index < -0.39 is 5.97 Å². The third-order valence-electron chi connectivity index (χ3n) is 4.96. The molecule has 7 heteroatoms. The molecule has 0 bridgehead atoms. The third kappa shape index (κ3) is 4.57. The predicted octanol–water partition coefficient (Wildman–Crippen LogP) is 5.14. The van der Waals surface area contributed by atoms with Gasteiger partial charge < -0.3 is 14.8 Å². The van der Waals surface area contributed by atoms with Crippen molar-refractivity contribution in [3.8, 4) is 5.75 Å². The molecular weight excluding hydrogens is 403 g/mol. The minimum absolute atomic E-state index is 0.240. The molecule has 1 aliphatic rings. The van der Waals surface area contributed by atoms with Crippen molar-refractivity contribution in [2.45, 2.75) is 22.1 Å². The molecule has 0 saturated carbocycles. The first-order valence-corrected chi connectivity index (χ1v) is 10.4. The predicted molar refractivity (Wildman–Crippen MR) is 114 cm³/mol. The Morgan fingerprint density at radius 3 is 2.83 bits per heavy atom. The lowest BCUT2D eigenvalue weighted by Crippen LogP contribution is -2.21. The Balaban J connectivity index is 1.48. The van der Waals surface area contributed by atoms with Crippen molar-refractivity contribution in [3.05, 3.63) is 77.9 Å². The summed E-state index contributed by atoms with van der Waals surface area (Å²) in [7, 11) is 1.36. The van der Waals surface area contributed by atoms with Crippen molar-refractivity contribution >= 4 is 23.4 Å². The number of hydrogen-bond donors (Lipinski definition) is 1. The zero-order valence-corrected chi connectivity index (χ0v) is 17.2. The molecule has 1 aliphatic heterocycles. The fraction of sp³-hybridized carbons (Fsp3) is 0.217. The number of hydrogen-bond acceptors (Lipinski definition) is 6. The van der Waals surface area contributed by atoms with Crippen LogP contribution in [-0.4, -0.2) is 31.2 Å². The summed E-state index contributed by atoms with van der Waals surface area (Å²) < 4.78 is 23.9. The average Bonchev–Trinajstić information content (AvgIpc) is 2.78. The van der Waals surface area contributed by atoms with Gasteiger partial charge in [0.05, 0.1) is 31.2 Å². The zero-order chi connectivity index (χ0) is 20.9. The van der Waals surface area contributed by atoms with Gasteiger partial charge in [-0.2, -0.15) is 0 Å². The second-order valence-electron chi connectivity index (χ2n) is 6.88. The Bertz CT molecular complexity index is 1040. The SMILES string of the molecule is COC(=O)c1ccncc1NC[C@H]1CCOc2cc(Sc3ccc(F)cc3)ccc21. The topological polar surface area (TPSA) is 60.5 Å². The molecule has 0 fully saturated rings. The van der Waals surface area contributed by atoms with Gasteiger partial charge in [0.1, 0.15) is 11.6 Å². The molecule has 1 N–H and O–H groups in total. The molecule has 5 nitrogen and oxygen atoms in total. The number of nitrogens with one attached hydrogen (secondary N) is 1. The van der Waals surface area contributed by atoms with Gasteiger partial charge >= 0.3 is 5.97 Å². The van der Waals surface area contributed by atoms with Crippen molar-refractivity contribution in [3.63, 3.8) is 0 Å². The number of carbonyl (C=O) groups is 1. The average molecular weight is 424 g/mol. The minimum Gasteiger partial charge on any atom is -0.493 e. The first-order valence-electron chi connectivity index (χ1n) is 9.60. The van der Waals surface area contributed by atoms with Crippen LogP contribution in [0, 0.1) is 5.82 Å². The van der Waals surface area contributed by atoms with Crippen LogP contribution in [-0.2, 0) is 4.74 Å². The number of benzene rings is 2. The van der Waals surface area contributed by atoms with Gasteiger partial charge in [-0.3, -0.25) is 4.98 Å². The summed E-state index contributed by atoms with van der Waals surface area (Å²) in [6.45, 7) is 1.28. The van der Waals surface area contributed by atoms with E-state index >= 15 is 0 Å². The number of anilines is 1. The van der Waals surface area contributed by atoms with E-state index in [9.17, 15) is 9.18 Å². The van der Waals surface area contributed by atoms with Crippen LogP contribution in [0.1, 0.15) is 28.3 Å². The maximum atomic E-state index is 13.1. The number of nitrogens with zero attached hydrogens (tertiary/aromatic N) is 1. The molecule has 3 aromatic rings. The molecule has 30 heavy (non-hydrogen) atoms. The van der Waals surface area contributed by atoms with Crippen LogP contribution in [0.25, 0.3) is 0 Å². The number of rotatable bonds is 6. The molecule has 0 unspecified atom stereocenters. The van der Waals surface area contributed by atoms with Gasteiger partial charge in [0.25, 0.3) is 0 Å². The van der Waals surface area contributed by atoms with Crippen LogP contribution in [0.15, 0.2) is 70.7 Å². The van der Waals surface area contributed by atoms with Gasteiger partial charge in [0.2, 0.25) is 0 Å². The molecule has 154 valence electrons. The summed E-state index contributed by atoms with van der Waals surface area (Å²) in [5, 5.41) is 3.34. The Morgan fingerprint density at radius 2 is 2.03 bits per heavy atom. The Labute approximate surface area is 178 Å². The molecule has 1 atom stereocenters. The van der Waals surface area contributed by atoms with E-state index in [1.165, 1.54) is 19.2 Å². The summed E-state index contributed by atoms with van der Waals surface area (Å²) in [5.74, 6) is 0.464. The van der Waals surface area contributed by atoms with Gasteiger partial charge in [0.15, 0.2) is 0 Å². The number of esters is 1. The van der Waals surface area contributed by atoms with E-state index in [1.54, 1.807) is 42.4 Å². The molecule has 4 rings (SSSR count). The molecule has 0 spiro atoms. The van der Waals surface area contributed by atoms with Crippen LogP contribution < -0.4 is 10.1 Å². The van der Waals surface area contributed by atoms with Gasteiger partial charge in [-0.25, -0.2) is 9.18 Å². The number of carbonyl (C=O) groups excluding carboxylic acids is 1. The Kier molecular flexibility index (Phi) is 6.18. The fourth-order valence-electron chi connectivity index (χ4n) is 3.41. The van der Waals surface area contributed by atoms with Crippen LogP contribution in [0.5, 0.6) is 5.75 Å². The maximum absolute atomic E-state index is 13.1. The van der Waals surface area contributed by atoms with E-state index in [0.717, 1.165) is 27.5 Å². The molecule has 0 amide bonds. The molecule has 0 aliphatic carbocycles. The van der Waals surface area contributed by atoms with Gasteiger partial charge in [0, 0.05) is 28.5 Å². The Hall–Kier alpha value is -3.06. The molecule has 0 saturated heterocycles. The highest BCUT2D eigenvalue weighted by atomic mass is 32.2. The highest BCUT2D eigenvalue weighted by Crippen LogP contribution is 2.38. The second kappa shape index (κ2) is 9.17. The van der Waals surface area contributed by atoms with Gasteiger partial charge in [-0.15, -0.1) is 0 Å². The normalized spacial score (nSPS) is 15.1. The summed E-state index contributed by atoms with van der Waals surface area (Å²) in [5.41, 5.74) is 2.24. The Morgan fingerprint density at radius 1 is 1.23 bits per heavy atom. The van der Waals surface area contributed by atoms with E-state index in [-0.39, 0.29) is 11.7 Å². The van der Waals surface area contributed by atoms with Crippen molar-refractivity contribution in [1.29, 1.82) is 0 Å². The lowest BCUT2D eigenvalue weighted by Gasteiger charge is -2.27. The number of halogens is 1. The van der Waals surface area contributed by atoms with E-state index in [0.29, 0.717) is 24.4 Å². The molecular formula is C23H21FN2O3S. The van der Waals surface area contributed by atoms with Crippen molar-refractivity contribution in [2.75, 3.05) is 25.6 Å². The second-order valence-corrected chi connectivity index (χ2v) is 8.03. The zero-order valence-electron chi connectivity index (χ0n) is 16.4. The van der Waals surface area contributed by atoms with Crippen LogP contribution in [0.2, 0.25) is 0 Å². The molecule has 1 aromatic heterocycles. The maximum Gasteiger partial charge on any atom is 0.340 e. The monoisotopic (exact) mass is 424 g/mol. The van der Waals surface area contributed by atoms with E-state index in [1.807, 2.05) is 6.07 Å². The van der Waals surface area contributed by atoms with Crippen LogP contribution in [0.3, 0.4) is 0 Å². The largest absolute Gasteiger partial charge is 0.493 e. The van der Waals surface area contributed by atoms with E-state index in [4.69, 9.17) is 9.47 Å². The van der Waals surface area contributed by atoms with Crippen molar-refractivity contribution in [2.24, 2.45) is 0 Å². The number of fused-ring (bicyclic) bond motifs is 1. The number of pyridine rings is 1. The highest BCUT2D eigenvalue weighted by Gasteiger charge is 2.22. The summed E-state index contributed by atoms with van der Waals surface area (Å²) in [6.07, 6.45) is 4.08.